The van der Waals surface area contributed by atoms with Gasteiger partial charge < -0.3 is 19.5 Å². The van der Waals surface area contributed by atoms with Crippen LogP contribution in [0.3, 0.4) is 0 Å². The van der Waals surface area contributed by atoms with Crippen molar-refractivity contribution in [1.82, 2.24) is 20.2 Å². The minimum Gasteiger partial charge on any atom is -0.508 e. The van der Waals surface area contributed by atoms with Gasteiger partial charge in [-0.2, -0.15) is 0 Å². The molecular weight excluding hydrogens is 531 g/mol. The van der Waals surface area contributed by atoms with Crippen molar-refractivity contribution in [3.63, 3.8) is 0 Å². The van der Waals surface area contributed by atoms with Crippen molar-refractivity contribution in [2.75, 3.05) is 0 Å². The number of hydrogen-bond donors (Lipinski definition) is 3. The van der Waals surface area contributed by atoms with E-state index in [0.717, 1.165) is 49.6 Å². The molecule has 0 radical (unpaired) electrons. The van der Waals surface area contributed by atoms with Crippen molar-refractivity contribution in [2.45, 2.75) is 5.92 Å². The third-order valence-electron chi connectivity index (χ3n) is 7.00. The summed E-state index contributed by atoms with van der Waals surface area (Å²) in [6.45, 7) is 0. The second kappa shape index (κ2) is 9.34. The second-order valence-corrected chi connectivity index (χ2v) is 10.3. The summed E-state index contributed by atoms with van der Waals surface area (Å²) in [6, 6.07) is 26.5. The molecule has 0 aliphatic carbocycles. The lowest BCUT2D eigenvalue weighted by Gasteiger charge is -2.18. The van der Waals surface area contributed by atoms with Crippen LogP contribution in [-0.4, -0.2) is 25.3 Å². The minimum absolute atomic E-state index is 0.103. The van der Waals surface area contributed by atoms with Crippen LogP contribution in [0.25, 0.3) is 44.7 Å². The van der Waals surface area contributed by atoms with Gasteiger partial charge in [0.1, 0.15) is 5.75 Å². The van der Waals surface area contributed by atoms with E-state index in [0.29, 0.717) is 21.8 Å². The molecule has 7 aromatic rings. The molecule has 0 bridgehead atoms. The van der Waals surface area contributed by atoms with Gasteiger partial charge in [-0.25, -0.2) is 0 Å². The van der Waals surface area contributed by atoms with Gasteiger partial charge in [0.05, 0.1) is 0 Å². The summed E-state index contributed by atoms with van der Waals surface area (Å²) in [5.74, 6) is 0.879. The van der Waals surface area contributed by atoms with Crippen molar-refractivity contribution in [1.29, 1.82) is 0 Å². The highest BCUT2D eigenvalue weighted by Crippen LogP contribution is 2.41. The van der Waals surface area contributed by atoms with E-state index in [1.54, 1.807) is 24.3 Å². The third-order valence-corrected chi connectivity index (χ3v) is 7.47. The number of fused-ring (bicyclic) bond motifs is 2. The Morgan fingerprint density at radius 3 is 1.64 bits per heavy atom. The van der Waals surface area contributed by atoms with Gasteiger partial charge in [0.15, 0.2) is 0 Å². The first-order valence-electron chi connectivity index (χ1n) is 12.3. The lowest BCUT2D eigenvalue weighted by atomic mass is 9.84. The van der Waals surface area contributed by atoms with Crippen LogP contribution in [0.4, 0.5) is 0 Å². The first-order valence-corrected chi connectivity index (χ1v) is 13.1. The molecule has 0 unspecified atom stereocenters. The molecule has 6 nitrogen and oxygen atoms in total. The first kappa shape index (κ1) is 23.6. The van der Waals surface area contributed by atoms with Crippen LogP contribution >= 0.6 is 23.2 Å². The van der Waals surface area contributed by atoms with E-state index in [4.69, 9.17) is 27.6 Å². The van der Waals surface area contributed by atoms with E-state index in [9.17, 15) is 5.11 Å². The Balaban J connectivity index is 1.33. The van der Waals surface area contributed by atoms with Gasteiger partial charge in [-0.15, -0.1) is 10.2 Å². The number of benzene rings is 4. The normalized spacial score (nSPS) is 11.7. The maximum Gasteiger partial charge on any atom is 0.248 e. The zero-order valence-electron chi connectivity index (χ0n) is 20.3. The highest BCUT2D eigenvalue weighted by atomic mass is 35.5. The molecule has 3 aromatic heterocycles. The van der Waals surface area contributed by atoms with E-state index < -0.39 is 0 Å². The third kappa shape index (κ3) is 4.24. The van der Waals surface area contributed by atoms with Crippen LogP contribution in [0.1, 0.15) is 22.6 Å². The number of rotatable bonds is 5. The first-order chi connectivity index (χ1) is 19.0. The standard InChI is InChI=1S/C31H20Cl2N4O2/c32-20-7-11-27-23(13-20)25(15-34-27)29(26-16-35-28-12-8-21(33)14-24(26)28)17-1-3-18(4-2-17)30-36-37-31(39-30)19-5-9-22(38)10-6-19/h1-16,29,34-35,38H. The molecule has 190 valence electrons. The highest BCUT2D eigenvalue weighted by molar-refractivity contribution is 6.31. The van der Waals surface area contributed by atoms with Crippen LogP contribution in [-0.2, 0) is 0 Å². The molecule has 8 heteroatoms. The molecule has 0 amide bonds. The van der Waals surface area contributed by atoms with Gasteiger partial charge in [-0.3, -0.25) is 0 Å². The minimum atomic E-state index is -0.103. The number of phenolic OH excluding ortho intramolecular Hbond substituents is 1. The lowest BCUT2D eigenvalue weighted by molar-refractivity contribution is 0.475. The predicted octanol–water partition coefficient (Wildman–Crippen LogP) is 8.56. The average Bonchev–Trinajstić information content (AvgIpc) is 3.69. The summed E-state index contributed by atoms with van der Waals surface area (Å²) in [6.07, 6.45) is 4.09. The fraction of sp³-hybridized carbons (Fsp3) is 0.0323. The number of hydrogen-bond acceptors (Lipinski definition) is 4. The van der Waals surface area contributed by atoms with Crippen molar-refractivity contribution in [2.24, 2.45) is 0 Å². The molecule has 0 aliphatic heterocycles. The number of aromatic nitrogens is 4. The maximum absolute atomic E-state index is 9.55. The predicted molar refractivity (Wildman–Crippen MR) is 154 cm³/mol. The second-order valence-electron chi connectivity index (χ2n) is 9.38. The summed E-state index contributed by atoms with van der Waals surface area (Å²) in [5, 5.41) is 21.5. The number of nitrogens with zero attached hydrogens (tertiary/aromatic N) is 2. The Bertz CT molecular complexity index is 1870. The summed E-state index contributed by atoms with van der Waals surface area (Å²) in [5.41, 5.74) is 6.86. The summed E-state index contributed by atoms with van der Waals surface area (Å²) < 4.78 is 5.94. The van der Waals surface area contributed by atoms with Gasteiger partial charge in [0, 0.05) is 61.3 Å². The van der Waals surface area contributed by atoms with Gasteiger partial charge in [-0.1, -0.05) is 35.3 Å². The molecule has 3 N–H and O–H groups in total. The van der Waals surface area contributed by atoms with Crippen LogP contribution < -0.4 is 0 Å². The molecule has 39 heavy (non-hydrogen) atoms. The van der Waals surface area contributed by atoms with Gasteiger partial charge in [0.2, 0.25) is 11.8 Å². The molecule has 0 atom stereocenters. The Hall–Kier alpha value is -4.52. The zero-order chi connectivity index (χ0) is 26.5. The SMILES string of the molecule is Oc1ccc(-c2nnc(-c3ccc(C(c4c[nH]c5ccc(Cl)cc45)c4c[nH]c5ccc(Cl)cc45)cc3)o2)cc1. The quantitative estimate of drug-likeness (QED) is 0.200. The molecule has 0 saturated heterocycles. The Morgan fingerprint density at radius 2 is 1.13 bits per heavy atom. The molecule has 4 aromatic carbocycles. The fourth-order valence-corrected chi connectivity index (χ4v) is 5.46. The number of phenols is 1. The monoisotopic (exact) mass is 550 g/mol. The van der Waals surface area contributed by atoms with Crippen molar-refractivity contribution in [3.05, 3.63) is 124 Å². The molecule has 7 rings (SSSR count). The van der Waals surface area contributed by atoms with E-state index in [2.05, 4.69) is 32.3 Å². The summed E-state index contributed by atoms with van der Waals surface area (Å²) in [4.78, 5) is 6.80. The largest absolute Gasteiger partial charge is 0.508 e. The van der Waals surface area contributed by atoms with Crippen LogP contribution in [0.15, 0.2) is 102 Å². The Labute approximate surface area is 232 Å². The van der Waals surface area contributed by atoms with Crippen LogP contribution in [0.2, 0.25) is 10.0 Å². The highest BCUT2D eigenvalue weighted by Gasteiger charge is 2.24. The number of nitrogens with one attached hydrogen (secondary N) is 2. The van der Waals surface area contributed by atoms with Gasteiger partial charge in [0.25, 0.3) is 0 Å². The van der Waals surface area contributed by atoms with Gasteiger partial charge in [-0.05, 0) is 89.5 Å². The Morgan fingerprint density at radius 1 is 0.641 bits per heavy atom. The molecule has 0 saturated carbocycles. The summed E-state index contributed by atoms with van der Waals surface area (Å²) >= 11 is 12.8. The van der Waals surface area contributed by atoms with E-state index in [1.165, 1.54) is 0 Å². The van der Waals surface area contributed by atoms with Crippen LogP contribution in [0.5, 0.6) is 5.75 Å². The summed E-state index contributed by atoms with van der Waals surface area (Å²) in [7, 11) is 0. The van der Waals surface area contributed by atoms with E-state index in [-0.39, 0.29) is 11.7 Å². The maximum atomic E-state index is 9.55. The van der Waals surface area contributed by atoms with Crippen molar-refractivity contribution < 1.29 is 9.52 Å². The zero-order valence-corrected chi connectivity index (χ0v) is 21.8. The fourth-order valence-electron chi connectivity index (χ4n) is 5.11. The molecule has 0 aliphatic rings. The molecule has 3 heterocycles. The van der Waals surface area contributed by atoms with E-state index in [1.807, 2.05) is 60.9 Å². The topological polar surface area (TPSA) is 90.7 Å². The average molecular weight is 551 g/mol. The Kier molecular flexibility index (Phi) is 5.65. The van der Waals surface area contributed by atoms with E-state index >= 15 is 0 Å². The number of H-pyrrole nitrogens is 2. The van der Waals surface area contributed by atoms with Crippen LogP contribution in [0, 0.1) is 0 Å². The number of aromatic hydroxyl groups is 1. The molecule has 0 spiro atoms. The smallest absolute Gasteiger partial charge is 0.248 e. The molecular formula is C31H20Cl2N4O2. The van der Waals surface area contributed by atoms with Crippen molar-refractivity contribution >= 4 is 45.0 Å². The molecule has 0 fully saturated rings. The number of halogens is 2. The van der Waals surface area contributed by atoms with Gasteiger partial charge >= 0.3 is 0 Å². The lowest BCUT2D eigenvalue weighted by Crippen LogP contribution is -2.02. The van der Waals surface area contributed by atoms with Crippen molar-refractivity contribution in [3.8, 4) is 28.7 Å². The number of aromatic amines is 2.